The summed E-state index contributed by atoms with van der Waals surface area (Å²) >= 11 is 0. The minimum absolute atomic E-state index is 0.366. The summed E-state index contributed by atoms with van der Waals surface area (Å²) in [7, 11) is 0. The molecule has 0 aliphatic rings. The Kier molecular flexibility index (Phi) is 27.7. The van der Waals surface area contributed by atoms with Gasteiger partial charge in [0.15, 0.2) is 0 Å². The van der Waals surface area contributed by atoms with E-state index in [2.05, 4.69) is 130 Å². The van der Waals surface area contributed by atoms with Crippen molar-refractivity contribution >= 4 is 10.8 Å². The standard InChI is InChI=1S/C29H38N2.C8H12.C6H6.C2H6/c1-6-8-10-15-26(14-9-7-2)25(5)23(3)20-30-21-24(4)31-22-28-18-13-17-27-16-11-12-19-29(27)28;1-3-5-7-8-6-4-2;1-2-4-6-5-3-1;1-2/h6,8-19,24,30-31H,3,7,20-22H2,1-2,4-5H3;3-7H,1,8H2,2H3;1-6H;1-2H3/b8-6-,14-9-,15-10-,26-25+;6-4-,7-5-;;/t24-;;;/m0.../s1. The fourth-order valence-corrected chi connectivity index (χ4v) is 4.17. The van der Waals surface area contributed by atoms with Crippen LogP contribution in [0.15, 0.2) is 176 Å². The molecule has 0 radical (unpaired) electrons. The van der Waals surface area contributed by atoms with Gasteiger partial charge in [-0.3, -0.25) is 0 Å². The van der Waals surface area contributed by atoms with E-state index in [1.54, 1.807) is 6.08 Å². The van der Waals surface area contributed by atoms with Crippen LogP contribution in [0.2, 0.25) is 0 Å². The molecule has 0 aliphatic carbocycles. The predicted octanol–water partition coefficient (Wildman–Crippen LogP) is 12.3. The van der Waals surface area contributed by atoms with Crippen LogP contribution in [0.1, 0.15) is 66.9 Å². The third kappa shape index (κ3) is 21.2. The van der Waals surface area contributed by atoms with Gasteiger partial charge in [0.05, 0.1) is 0 Å². The molecule has 1 atom stereocenters. The maximum atomic E-state index is 4.31. The normalized spacial score (nSPS) is 12.3. The highest BCUT2D eigenvalue weighted by atomic mass is 15.0. The Bertz CT molecular complexity index is 1370. The first-order chi connectivity index (χ1) is 23.0. The van der Waals surface area contributed by atoms with E-state index in [9.17, 15) is 0 Å². The van der Waals surface area contributed by atoms with Gasteiger partial charge in [0, 0.05) is 25.7 Å². The van der Waals surface area contributed by atoms with E-state index in [1.807, 2.05) is 82.3 Å². The first kappa shape index (κ1) is 42.8. The molecule has 0 unspecified atom stereocenters. The van der Waals surface area contributed by atoms with Crippen molar-refractivity contribution in [1.82, 2.24) is 10.6 Å². The average Bonchev–Trinajstić information content (AvgIpc) is 3.12. The Morgan fingerprint density at radius 3 is 2.06 bits per heavy atom. The molecule has 0 amide bonds. The van der Waals surface area contributed by atoms with Gasteiger partial charge in [0.2, 0.25) is 0 Å². The van der Waals surface area contributed by atoms with Crippen molar-refractivity contribution in [1.29, 1.82) is 0 Å². The molecular weight excluding hydrogens is 569 g/mol. The molecule has 0 aliphatic heterocycles. The predicted molar refractivity (Wildman–Crippen MR) is 215 cm³/mol. The minimum atomic E-state index is 0.366. The van der Waals surface area contributed by atoms with Crippen molar-refractivity contribution in [3.8, 4) is 0 Å². The minimum Gasteiger partial charge on any atom is -0.311 e. The summed E-state index contributed by atoms with van der Waals surface area (Å²) in [6.07, 6.45) is 24.7. The second kappa shape index (κ2) is 30.4. The first-order valence-electron chi connectivity index (χ1n) is 17.1. The fourth-order valence-electron chi connectivity index (χ4n) is 4.17. The van der Waals surface area contributed by atoms with Gasteiger partial charge in [-0.25, -0.2) is 0 Å². The number of hydrogen-bond donors (Lipinski definition) is 2. The van der Waals surface area contributed by atoms with Gasteiger partial charge in [-0.2, -0.15) is 0 Å². The Hall–Kier alpha value is -4.24. The van der Waals surface area contributed by atoms with Crippen LogP contribution in [0.4, 0.5) is 0 Å². The lowest BCUT2D eigenvalue weighted by Crippen LogP contribution is -2.36. The van der Waals surface area contributed by atoms with Gasteiger partial charge in [-0.15, -0.1) is 0 Å². The molecule has 3 rings (SSSR count). The lowest BCUT2D eigenvalue weighted by atomic mass is 10.0. The summed E-state index contributed by atoms with van der Waals surface area (Å²) in [6, 6.07) is 27.4. The quantitative estimate of drug-likeness (QED) is 0.129. The third-order valence-electron chi connectivity index (χ3n) is 6.83. The topological polar surface area (TPSA) is 24.1 Å². The van der Waals surface area contributed by atoms with Crippen LogP contribution >= 0.6 is 0 Å². The highest BCUT2D eigenvalue weighted by Gasteiger charge is 2.06. The van der Waals surface area contributed by atoms with Crippen LogP contribution in [-0.4, -0.2) is 19.1 Å². The van der Waals surface area contributed by atoms with Crippen molar-refractivity contribution < 1.29 is 0 Å². The second-order valence-corrected chi connectivity index (χ2v) is 10.6. The summed E-state index contributed by atoms with van der Waals surface area (Å²) in [4.78, 5) is 0. The van der Waals surface area contributed by atoms with Gasteiger partial charge in [0.1, 0.15) is 0 Å². The van der Waals surface area contributed by atoms with E-state index in [1.165, 1.54) is 27.5 Å². The third-order valence-corrected chi connectivity index (χ3v) is 6.83. The molecule has 3 aromatic rings. The van der Waals surface area contributed by atoms with E-state index in [0.717, 1.165) is 38.0 Å². The van der Waals surface area contributed by atoms with Crippen molar-refractivity contribution in [2.45, 2.75) is 73.9 Å². The summed E-state index contributed by atoms with van der Waals surface area (Å²) < 4.78 is 0. The van der Waals surface area contributed by atoms with E-state index in [-0.39, 0.29) is 0 Å². The Morgan fingerprint density at radius 2 is 1.45 bits per heavy atom. The zero-order chi connectivity index (χ0) is 35.0. The molecule has 3 aromatic carbocycles. The first-order valence-corrected chi connectivity index (χ1v) is 17.1. The summed E-state index contributed by atoms with van der Waals surface area (Å²) in [5, 5.41) is 9.82. The SMILES string of the molecule is C=C(CNC[C@H](C)NCc1cccc2ccccc12)/C(C)=C(/C=C\C=C/C)\C=C/CC.C=C/C=C\C/C=C\C.CC.c1ccccc1. The van der Waals surface area contributed by atoms with Gasteiger partial charge in [-0.1, -0.05) is 180 Å². The maximum absolute atomic E-state index is 4.31. The summed E-state index contributed by atoms with van der Waals surface area (Å²) in [5.74, 6) is 0. The lowest BCUT2D eigenvalue weighted by molar-refractivity contribution is 0.513. The van der Waals surface area contributed by atoms with Gasteiger partial charge in [0.25, 0.3) is 0 Å². The number of nitrogens with one attached hydrogen (secondary N) is 2. The van der Waals surface area contributed by atoms with Crippen LogP contribution in [0.5, 0.6) is 0 Å². The van der Waals surface area contributed by atoms with Gasteiger partial charge < -0.3 is 10.6 Å². The second-order valence-electron chi connectivity index (χ2n) is 10.6. The Labute approximate surface area is 288 Å². The number of hydrogen-bond acceptors (Lipinski definition) is 2. The molecule has 2 heteroatoms. The van der Waals surface area contributed by atoms with Crippen molar-refractivity contribution in [2.24, 2.45) is 0 Å². The van der Waals surface area contributed by atoms with Gasteiger partial charge >= 0.3 is 0 Å². The highest BCUT2D eigenvalue weighted by molar-refractivity contribution is 5.85. The van der Waals surface area contributed by atoms with Crippen LogP contribution < -0.4 is 10.6 Å². The smallest absolute Gasteiger partial charge is 0.0214 e. The monoisotopic (exact) mass is 630 g/mol. The molecule has 0 aromatic heterocycles. The fraction of sp³-hybridized carbons (Fsp3) is 0.289. The van der Waals surface area contributed by atoms with Crippen LogP contribution in [-0.2, 0) is 6.54 Å². The largest absolute Gasteiger partial charge is 0.311 e. The average molecular weight is 631 g/mol. The van der Waals surface area contributed by atoms with Crippen molar-refractivity contribution in [3.63, 3.8) is 0 Å². The lowest BCUT2D eigenvalue weighted by Gasteiger charge is -2.17. The number of fused-ring (bicyclic) bond motifs is 1. The number of benzene rings is 3. The molecule has 0 saturated carbocycles. The van der Waals surface area contributed by atoms with Crippen LogP contribution in [0, 0.1) is 0 Å². The van der Waals surface area contributed by atoms with Gasteiger partial charge in [-0.05, 0) is 73.6 Å². The van der Waals surface area contributed by atoms with Crippen LogP contribution in [0.3, 0.4) is 0 Å². The van der Waals surface area contributed by atoms with Crippen molar-refractivity contribution in [2.75, 3.05) is 13.1 Å². The molecule has 0 fully saturated rings. The molecule has 0 heterocycles. The Balaban J connectivity index is 0.00000108. The number of allylic oxidation sites excluding steroid dienone is 12. The summed E-state index contributed by atoms with van der Waals surface area (Å²) in [5.41, 5.74) is 4.92. The molecule has 0 bridgehead atoms. The maximum Gasteiger partial charge on any atom is 0.0214 e. The molecular formula is C45H62N2. The molecule has 47 heavy (non-hydrogen) atoms. The van der Waals surface area contributed by atoms with E-state index in [0.29, 0.717) is 6.04 Å². The van der Waals surface area contributed by atoms with E-state index >= 15 is 0 Å². The molecule has 2 nitrogen and oxygen atoms in total. The zero-order valence-electron chi connectivity index (χ0n) is 30.4. The number of rotatable bonds is 15. The highest BCUT2D eigenvalue weighted by Crippen LogP contribution is 2.18. The molecule has 2 N–H and O–H groups in total. The van der Waals surface area contributed by atoms with Crippen molar-refractivity contribution in [3.05, 3.63) is 181 Å². The van der Waals surface area contributed by atoms with Crippen LogP contribution in [0.25, 0.3) is 10.8 Å². The molecule has 0 spiro atoms. The molecule has 252 valence electrons. The zero-order valence-corrected chi connectivity index (χ0v) is 30.4. The summed E-state index contributed by atoms with van der Waals surface area (Å²) in [6.45, 7) is 25.0. The molecule has 0 saturated heterocycles. The Morgan fingerprint density at radius 1 is 0.787 bits per heavy atom. The van der Waals surface area contributed by atoms with E-state index in [4.69, 9.17) is 0 Å². The van der Waals surface area contributed by atoms with E-state index < -0.39 is 0 Å².